The molecule has 2 saturated heterocycles. The SMILES string of the molecule is N#Cc1c(N2CCS(=O)(=O)CC2)nc(N2CCNCC2)c2c1CN(c1cccc3ccccc13)CC2. The summed E-state index contributed by atoms with van der Waals surface area (Å²) in [6, 6.07) is 17.3. The lowest BCUT2D eigenvalue weighted by Gasteiger charge is -2.38. The summed E-state index contributed by atoms with van der Waals surface area (Å²) in [5.41, 5.74) is 3.96. The number of nitrogens with one attached hydrogen (secondary N) is 1. The molecule has 0 spiro atoms. The number of rotatable bonds is 3. The molecule has 3 aromatic rings. The first-order valence-electron chi connectivity index (χ1n) is 12.6. The van der Waals surface area contributed by atoms with E-state index in [2.05, 4.69) is 63.7 Å². The fourth-order valence-electron chi connectivity index (χ4n) is 5.70. The number of fused-ring (bicyclic) bond motifs is 2. The first-order chi connectivity index (χ1) is 17.5. The number of nitriles is 1. The molecule has 8 nitrogen and oxygen atoms in total. The number of piperazine rings is 1. The first-order valence-corrected chi connectivity index (χ1v) is 14.5. The van der Waals surface area contributed by atoms with Crippen LogP contribution in [-0.2, 0) is 22.8 Å². The Labute approximate surface area is 212 Å². The third kappa shape index (κ3) is 4.14. The van der Waals surface area contributed by atoms with Crippen LogP contribution in [0.2, 0.25) is 0 Å². The molecule has 2 fully saturated rings. The largest absolute Gasteiger partial charge is 0.366 e. The van der Waals surface area contributed by atoms with Gasteiger partial charge in [0.25, 0.3) is 0 Å². The van der Waals surface area contributed by atoms with E-state index in [0.29, 0.717) is 31.0 Å². The average Bonchev–Trinajstić information content (AvgIpc) is 2.92. The summed E-state index contributed by atoms with van der Waals surface area (Å²) in [6.07, 6.45) is 0.814. The molecule has 186 valence electrons. The van der Waals surface area contributed by atoms with Crippen LogP contribution >= 0.6 is 0 Å². The summed E-state index contributed by atoms with van der Waals surface area (Å²) < 4.78 is 24.2. The predicted octanol–water partition coefficient (Wildman–Crippen LogP) is 2.31. The van der Waals surface area contributed by atoms with Crippen LogP contribution in [0, 0.1) is 11.3 Å². The Balaban J connectivity index is 1.46. The van der Waals surface area contributed by atoms with Crippen molar-refractivity contribution >= 4 is 37.9 Å². The summed E-state index contributed by atoms with van der Waals surface area (Å²) in [5, 5.41) is 16.2. The van der Waals surface area contributed by atoms with Gasteiger partial charge in [-0.15, -0.1) is 0 Å². The molecule has 2 aromatic carbocycles. The van der Waals surface area contributed by atoms with Crippen molar-refractivity contribution in [3.63, 3.8) is 0 Å². The average molecular weight is 503 g/mol. The van der Waals surface area contributed by atoms with Gasteiger partial charge in [-0.1, -0.05) is 36.4 Å². The van der Waals surface area contributed by atoms with Gasteiger partial charge >= 0.3 is 0 Å². The molecule has 3 aliphatic rings. The zero-order valence-corrected chi connectivity index (χ0v) is 21.1. The molecule has 0 unspecified atom stereocenters. The van der Waals surface area contributed by atoms with Gasteiger partial charge in [0.2, 0.25) is 0 Å². The summed E-state index contributed by atoms with van der Waals surface area (Å²) in [6.45, 7) is 5.76. The van der Waals surface area contributed by atoms with Crippen molar-refractivity contribution in [1.82, 2.24) is 10.3 Å². The molecule has 6 rings (SSSR count). The van der Waals surface area contributed by atoms with E-state index in [4.69, 9.17) is 4.98 Å². The van der Waals surface area contributed by atoms with Gasteiger partial charge < -0.3 is 20.0 Å². The third-order valence-electron chi connectivity index (χ3n) is 7.63. The van der Waals surface area contributed by atoms with Crippen molar-refractivity contribution in [3.8, 4) is 6.07 Å². The molecule has 4 heterocycles. The number of aromatic nitrogens is 1. The molecule has 9 heteroatoms. The molecule has 1 aromatic heterocycles. The maximum Gasteiger partial charge on any atom is 0.153 e. The Morgan fingerprint density at radius 1 is 0.833 bits per heavy atom. The fraction of sp³-hybridized carbons (Fsp3) is 0.407. The van der Waals surface area contributed by atoms with Gasteiger partial charge in [0, 0.05) is 69.0 Å². The van der Waals surface area contributed by atoms with Crippen molar-refractivity contribution in [2.75, 3.05) is 72.0 Å². The van der Waals surface area contributed by atoms with Gasteiger partial charge in [-0.3, -0.25) is 0 Å². The number of nitrogens with zero attached hydrogens (tertiary/aromatic N) is 5. The van der Waals surface area contributed by atoms with Gasteiger partial charge in [0.1, 0.15) is 17.7 Å². The van der Waals surface area contributed by atoms with Gasteiger partial charge in [0.05, 0.1) is 17.1 Å². The van der Waals surface area contributed by atoms with Crippen molar-refractivity contribution in [1.29, 1.82) is 5.26 Å². The summed E-state index contributed by atoms with van der Waals surface area (Å²) in [7, 11) is -3.04. The van der Waals surface area contributed by atoms with E-state index < -0.39 is 9.84 Å². The Kier molecular flexibility index (Phi) is 5.94. The molecular formula is C27H30N6O2S. The number of benzene rings is 2. The highest BCUT2D eigenvalue weighted by molar-refractivity contribution is 7.91. The number of hydrogen-bond acceptors (Lipinski definition) is 8. The minimum atomic E-state index is -3.04. The van der Waals surface area contributed by atoms with Crippen molar-refractivity contribution in [2.45, 2.75) is 13.0 Å². The maximum atomic E-state index is 12.1. The third-order valence-corrected chi connectivity index (χ3v) is 9.24. The van der Waals surface area contributed by atoms with Crippen LogP contribution in [0.3, 0.4) is 0 Å². The molecule has 36 heavy (non-hydrogen) atoms. The van der Waals surface area contributed by atoms with Gasteiger partial charge in [-0.2, -0.15) is 5.26 Å². The number of hydrogen-bond donors (Lipinski definition) is 1. The summed E-state index contributed by atoms with van der Waals surface area (Å²) in [4.78, 5) is 11.8. The van der Waals surface area contributed by atoms with Crippen molar-refractivity contribution in [3.05, 3.63) is 59.2 Å². The fourth-order valence-corrected chi connectivity index (χ4v) is 6.90. The number of pyridine rings is 1. The zero-order valence-electron chi connectivity index (χ0n) is 20.3. The quantitative estimate of drug-likeness (QED) is 0.584. The first kappa shape index (κ1) is 23.1. The lowest BCUT2D eigenvalue weighted by atomic mass is 9.94. The Hall–Kier alpha value is -3.35. The van der Waals surface area contributed by atoms with Gasteiger partial charge in [-0.05, 0) is 23.4 Å². The van der Waals surface area contributed by atoms with Crippen LogP contribution in [0.5, 0.6) is 0 Å². The Morgan fingerprint density at radius 3 is 2.33 bits per heavy atom. The molecule has 1 N–H and O–H groups in total. The van der Waals surface area contributed by atoms with Crippen molar-refractivity contribution < 1.29 is 8.42 Å². The Morgan fingerprint density at radius 2 is 1.56 bits per heavy atom. The van der Waals surface area contributed by atoms with Gasteiger partial charge in [0.15, 0.2) is 9.84 Å². The molecule has 3 aliphatic heterocycles. The van der Waals surface area contributed by atoms with Crippen molar-refractivity contribution in [2.24, 2.45) is 0 Å². The van der Waals surface area contributed by atoms with E-state index >= 15 is 0 Å². The normalized spacial score (nSPS) is 19.7. The van der Waals surface area contributed by atoms with E-state index in [0.717, 1.165) is 50.5 Å². The highest BCUT2D eigenvalue weighted by Gasteiger charge is 2.32. The molecule has 0 saturated carbocycles. The maximum absolute atomic E-state index is 12.1. The van der Waals surface area contributed by atoms with E-state index in [1.54, 1.807) is 0 Å². The molecule has 0 aliphatic carbocycles. The lowest BCUT2D eigenvalue weighted by Crippen LogP contribution is -2.46. The van der Waals surface area contributed by atoms with Crippen LogP contribution in [0.15, 0.2) is 42.5 Å². The lowest BCUT2D eigenvalue weighted by molar-refractivity contribution is 0.578. The summed E-state index contributed by atoms with van der Waals surface area (Å²) >= 11 is 0. The molecule has 0 atom stereocenters. The van der Waals surface area contributed by atoms with Crippen LogP contribution in [0.4, 0.5) is 17.3 Å². The monoisotopic (exact) mass is 502 g/mol. The molecule has 0 amide bonds. The van der Waals surface area contributed by atoms with E-state index in [9.17, 15) is 13.7 Å². The number of anilines is 3. The zero-order chi connectivity index (χ0) is 24.7. The van der Waals surface area contributed by atoms with Gasteiger partial charge in [-0.25, -0.2) is 13.4 Å². The topological polar surface area (TPSA) is 92.6 Å². The highest BCUT2D eigenvalue weighted by atomic mass is 32.2. The highest BCUT2D eigenvalue weighted by Crippen LogP contribution is 2.38. The number of sulfone groups is 1. The molecular weight excluding hydrogens is 472 g/mol. The smallest absolute Gasteiger partial charge is 0.153 e. The van der Waals surface area contributed by atoms with E-state index in [1.807, 2.05) is 4.90 Å². The van der Waals surface area contributed by atoms with Crippen LogP contribution in [-0.4, -0.2) is 70.7 Å². The second-order valence-electron chi connectivity index (χ2n) is 9.75. The van der Waals surface area contributed by atoms with Crippen LogP contribution in [0.1, 0.15) is 16.7 Å². The van der Waals surface area contributed by atoms with E-state index in [-0.39, 0.29) is 11.5 Å². The Bertz CT molecular complexity index is 1440. The predicted molar refractivity (Wildman–Crippen MR) is 144 cm³/mol. The summed E-state index contributed by atoms with van der Waals surface area (Å²) in [5.74, 6) is 1.80. The minimum Gasteiger partial charge on any atom is -0.366 e. The van der Waals surface area contributed by atoms with Crippen LogP contribution in [0.25, 0.3) is 10.8 Å². The minimum absolute atomic E-state index is 0.0989. The standard InChI is InChI=1S/C27H30N6O2S/c28-18-23-24-19-33(25-7-3-5-20-4-1-2-6-21(20)25)11-8-22(24)26(31-12-9-29-10-13-31)30-27(23)32-14-16-36(34,35)17-15-32/h1-7,29H,8-17,19H2. The molecule has 0 radical (unpaired) electrons. The van der Waals surface area contributed by atoms with E-state index in [1.165, 1.54) is 22.0 Å². The molecule has 0 bridgehead atoms. The van der Waals surface area contributed by atoms with Crippen LogP contribution < -0.4 is 20.0 Å². The second kappa shape index (κ2) is 9.26. The second-order valence-corrected chi connectivity index (χ2v) is 12.1.